The Labute approximate surface area is 113 Å². The lowest BCUT2D eigenvalue weighted by atomic mass is 10.1. The van der Waals surface area contributed by atoms with Crippen LogP contribution in [0.5, 0.6) is 5.75 Å². The summed E-state index contributed by atoms with van der Waals surface area (Å²) in [5.74, 6) is 2.74. The lowest BCUT2D eigenvalue weighted by Crippen LogP contribution is -2.20. The number of hydrogen-bond acceptors (Lipinski definition) is 4. The second-order valence-electron chi connectivity index (χ2n) is 4.60. The van der Waals surface area contributed by atoms with E-state index in [1.165, 1.54) is 5.56 Å². The maximum atomic E-state index is 5.15. The van der Waals surface area contributed by atoms with Crippen molar-refractivity contribution in [2.45, 2.75) is 26.4 Å². The van der Waals surface area contributed by atoms with Crippen molar-refractivity contribution in [2.75, 3.05) is 7.11 Å². The van der Waals surface area contributed by atoms with E-state index >= 15 is 0 Å². The lowest BCUT2D eigenvalue weighted by molar-refractivity contribution is 0.414. The van der Waals surface area contributed by atoms with Gasteiger partial charge in [0, 0.05) is 13.1 Å². The van der Waals surface area contributed by atoms with E-state index in [2.05, 4.69) is 34.6 Å². The first-order valence-corrected chi connectivity index (χ1v) is 6.34. The SMILES string of the molecule is COc1ccc([C@H](C)NCc2nnc(C)n2C)cc1. The summed E-state index contributed by atoms with van der Waals surface area (Å²) in [4.78, 5) is 0. The molecule has 0 bridgehead atoms. The number of hydrogen-bond donors (Lipinski definition) is 1. The summed E-state index contributed by atoms with van der Waals surface area (Å²) >= 11 is 0. The molecule has 102 valence electrons. The average molecular weight is 260 g/mol. The molecular weight excluding hydrogens is 240 g/mol. The van der Waals surface area contributed by atoms with Gasteiger partial charge < -0.3 is 14.6 Å². The number of nitrogens with one attached hydrogen (secondary N) is 1. The number of methoxy groups -OCH3 is 1. The summed E-state index contributed by atoms with van der Waals surface area (Å²) in [7, 11) is 3.65. The molecule has 19 heavy (non-hydrogen) atoms. The monoisotopic (exact) mass is 260 g/mol. The second-order valence-corrected chi connectivity index (χ2v) is 4.60. The van der Waals surface area contributed by atoms with E-state index in [0.29, 0.717) is 6.54 Å². The van der Waals surface area contributed by atoms with Gasteiger partial charge in [0.05, 0.1) is 13.7 Å². The van der Waals surface area contributed by atoms with Crippen molar-refractivity contribution in [3.63, 3.8) is 0 Å². The molecule has 0 saturated carbocycles. The maximum Gasteiger partial charge on any atom is 0.146 e. The van der Waals surface area contributed by atoms with E-state index in [1.807, 2.05) is 30.7 Å². The molecule has 1 heterocycles. The first-order valence-electron chi connectivity index (χ1n) is 6.34. The second kappa shape index (κ2) is 5.84. The predicted molar refractivity (Wildman–Crippen MR) is 74.0 cm³/mol. The normalized spacial score (nSPS) is 12.4. The Morgan fingerprint density at radius 1 is 1.26 bits per heavy atom. The molecule has 1 atom stereocenters. The number of nitrogens with zero attached hydrogens (tertiary/aromatic N) is 3. The minimum atomic E-state index is 0.253. The third kappa shape index (κ3) is 3.12. The van der Waals surface area contributed by atoms with Gasteiger partial charge in [-0.1, -0.05) is 12.1 Å². The predicted octanol–water partition coefficient (Wildman–Crippen LogP) is 1.98. The quantitative estimate of drug-likeness (QED) is 0.893. The molecule has 1 N–H and O–H groups in total. The van der Waals surface area contributed by atoms with Gasteiger partial charge in [-0.3, -0.25) is 0 Å². The van der Waals surface area contributed by atoms with E-state index in [0.717, 1.165) is 17.4 Å². The molecule has 0 saturated heterocycles. The van der Waals surface area contributed by atoms with Crippen molar-refractivity contribution in [1.82, 2.24) is 20.1 Å². The van der Waals surface area contributed by atoms with Gasteiger partial charge in [-0.05, 0) is 31.5 Å². The highest BCUT2D eigenvalue weighted by atomic mass is 16.5. The molecule has 5 heteroatoms. The van der Waals surface area contributed by atoms with Crippen LogP contribution in [-0.4, -0.2) is 21.9 Å². The fourth-order valence-corrected chi connectivity index (χ4v) is 1.86. The van der Waals surface area contributed by atoms with Crippen molar-refractivity contribution in [1.29, 1.82) is 0 Å². The molecule has 0 radical (unpaired) electrons. The third-order valence-corrected chi connectivity index (χ3v) is 3.36. The molecule has 0 aliphatic rings. The van der Waals surface area contributed by atoms with E-state index in [-0.39, 0.29) is 6.04 Å². The molecule has 0 aliphatic carbocycles. The first-order chi connectivity index (χ1) is 9.11. The number of benzene rings is 1. The smallest absolute Gasteiger partial charge is 0.146 e. The Hall–Kier alpha value is -1.88. The first kappa shape index (κ1) is 13.5. The molecule has 2 rings (SSSR count). The van der Waals surface area contributed by atoms with Crippen LogP contribution < -0.4 is 10.1 Å². The molecule has 5 nitrogen and oxygen atoms in total. The highest BCUT2D eigenvalue weighted by Crippen LogP contribution is 2.17. The lowest BCUT2D eigenvalue weighted by Gasteiger charge is -2.14. The fraction of sp³-hybridized carbons (Fsp3) is 0.429. The van der Waals surface area contributed by atoms with Crippen LogP contribution >= 0.6 is 0 Å². The van der Waals surface area contributed by atoms with E-state index in [4.69, 9.17) is 4.74 Å². The molecular formula is C14H20N4O. The number of aromatic nitrogens is 3. The van der Waals surface area contributed by atoms with Crippen molar-refractivity contribution >= 4 is 0 Å². The topological polar surface area (TPSA) is 52.0 Å². The Morgan fingerprint density at radius 3 is 2.47 bits per heavy atom. The van der Waals surface area contributed by atoms with Crippen molar-refractivity contribution in [3.05, 3.63) is 41.5 Å². The minimum Gasteiger partial charge on any atom is -0.497 e. The molecule has 1 aromatic carbocycles. The standard InChI is InChI=1S/C14H20N4O/c1-10(12-5-7-13(19-4)8-6-12)15-9-14-17-16-11(2)18(14)3/h5-8,10,15H,9H2,1-4H3/t10-/m0/s1. The Bertz CT molecular complexity index is 533. The summed E-state index contributed by atoms with van der Waals surface area (Å²) in [5, 5.41) is 11.6. The number of ether oxygens (including phenoxy) is 1. The van der Waals surface area contributed by atoms with Crippen LogP contribution in [0.15, 0.2) is 24.3 Å². The summed E-state index contributed by atoms with van der Waals surface area (Å²) in [5.41, 5.74) is 1.22. The Balaban J connectivity index is 1.97. The van der Waals surface area contributed by atoms with Gasteiger partial charge in [0.15, 0.2) is 0 Å². The van der Waals surface area contributed by atoms with Crippen LogP contribution in [0.25, 0.3) is 0 Å². The van der Waals surface area contributed by atoms with Gasteiger partial charge in [0.2, 0.25) is 0 Å². The molecule has 0 spiro atoms. The zero-order valence-corrected chi connectivity index (χ0v) is 11.8. The summed E-state index contributed by atoms with van der Waals surface area (Å²) in [6.45, 7) is 4.78. The van der Waals surface area contributed by atoms with Gasteiger partial charge in [-0.25, -0.2) is 0 Å². The number of rotatable bonds is 5. The van der Waals surface area contributed by atoms with Gasteiger partial charge in [-0.2, -0.15) is 0 Å². The zero-order valence-electron chi connectivity index (χ0n) is 11.8. The highest BCUT2D eigenvalue weighted by molar-refractivity contribution is 5.28. The summed E-state index contributed by atoms with van der Waals surface area (Å²) in [6, 6.07) is 8.33. The van der Waals surface area contributed by atoms with E-state index in [9.17, 15) is 0 Å². The average Bonchev–Trinajstić information content (AvgIpc) is 2.76. The minimum absolute atomic E-state index is 0.253. The molecule has 0 amide bonds. The highest BCUT2D eigenvalue weighted by Gasteiger charge is 2.08. The van der Waals surface area contributed by atoms with Crippen molar-refractivity contribution in [3.8, 4) is 5.75 Å². The van der Waals surface area contributed by atoms with Crippen molar-refractivity contribution in [2.24, 2.45) is 7.05 Å². The Morgan fingerprint density at radius 2 is 1.95 bits per heavy atom. The van der Waals surface area contributed by atoms with Crippen molar-refractivity contribution < 1.29 is 4.74 Å². The molecule has 0 unspecified atom stereocenters. The largest absolute Gasteiger partial charge is 0.497 e. The van der Waals surface area contributed by atoms with E-state index in [1.54, 1.807) is 7.11 Å². The molecule has 0 aliphatic heterocycles. The van der Waals surface area contributed by atoms with Crippen LogP contribution in [0.3, 0.4) is 0 Å². The van der Waals surface area contributed by atoms with Crippen LogP contribution in [0.4, 0.5) is 0 Å². The van der Waals surface area contributed by atoms with Crippen LogP contribution in [0.2, 0.25) is 0 Å². The third-order valence-electron chi connectivity index (χ3n) is 3.36. The number of aryl methyl sites for hydroxylation is 1. The summed E-state index contributed by atoms with van der Waals surface area (Å²) in [6.07, 6.45) is 0. The summed E-state index contributed by atoms with van der Waals surface area (Å²) < 4.78 is 7.15. The zero-order chi connectivity index (χ0) is 13.8. The van der Waals surface area contributed by atoms with Gasteiger partial charge in [0.1, 0.15) is 17.4 Å². The van der Waals surface area contributed by atoms with Crippen LogP contribution in [0.1, 0.15) is 30.2 Å². The molecule has 1 aromatic heterocycles. The van der Waals surface area contributed by atoms with Crippen LogP contribution in [0, 0.1) is 6.92 Å². The Kier molecular flexibility index (Phi) is 4.16. The van der Waals surface area contributed by atoms with Gasteiger partial charge in [-0.15, -0.1) is 10.2 Å². The van der Waals surface area contributed by atoms with E-state index < -0.39 is 0 Å². The maximum absolute atomic E-state index is 5.15. The van der Waals surface area contributed by atoms with Gasteiger partial charge >= 0.3 is 0 Å². The van der Waals surface area contributed by atoms with Gasteiger partial charge in [0.25, 0.3) is 0 Å². The fourth-order valence-electron chi connectivity index (χ4n) is 1.86. The molecule has 0 fully saturated rings. The van der Waals surface area contributed by atoms with Crippen LogP contribution in [-0.2, 0) is 13.6 Å². The molecule has 2 aromatic rings.